The molecule has 2 atom stereocenters. The van der Waals surface area contributed by atoms with E-state index in [4.69, 9.17) is 9.47 Å². The van der Waals surface area contributed by atoms with Crippen LogP contribution in [0.2, 0.25) is 0 Å². The molecular formula is C17H24FN3O2. The Hall–Kier alpha value is -1.82. The van der Waals surface area contributed by atoms with Crippen molar-refractivity contribution in [1.29, 1.82) is 0 Å². The Labute approximate surface area is 136 Å². The Kier molecular flexibility index (Phi) is 5.00. The van der Waals surface area contributed by atoms with Gasteiger partial charge in [-0.15, -0.1) is 0 Å². The molecule has 2 unspecified atom stereocenters. The normalized spacial score (nSPS) is 23.0. The molecule has 23 heavy (non-hydrogen) atoms. The van der Waals surface area contributed by atoms with Gasteiger partial charge in [-0.25, -0.2) is 4.39 Å². The minimum atomic E-state index is -0.256. The highest BCUT2D eigenvalue weighted by Crippen LogP contribution is 2.30. The summed E-state index contributed by atoms with van der Waals surface area (Å²) in [7, 11) is 0. The van der Waals surface area contributed by atoms with E-state index in [1.54, 1.807) is 0 Å². The van der Waals surface area contributed by atoms with Gasteiger partial charge in [0.1, 0.15) is 11.6 Å². The average molecular weight is 321 g/mol. The molecule has 1 aromatic carbocycles. The number of rotatable bonds is 5. The van der Waals surface area contributed by atoms with Crippen LogP contribution in [0.5, 0.6) is 5.75 Å². The maximum Gasteiger partial charge on any atom is 0.191 e. The molecule has 2 aliphatic rings. The lowest BCUT2D eigenvalue weighted by Gasteiger charge is -2.20. The molecular weight excluding hydrogens is 297 g/mol. The van der Waals surface area contributed by atoms with Crippen LogP contribution in [0.15, 0.2) is 17.1 Å². The number of guanidine groups is 1. The topological polar surface area (TPSA) is 54.9 Å². The van der Waals surface area contributed by atoms with Crippen molar-refractivity contribution in [3.63, 3.8) is 0 Å². The lowest BCUT2D eigenvalue weighted by atomic mass is 10.1. The van der Waals surface area contributed by atoms with Crippen LogP contribution in [0.3, 0.4) is 0 Å². The molecule has 3 rings (SSSR count). The summed E-state index contributed by atoms with van der Waals surface area (Å²) in [4.78, 5) is 4.59. The molecule has 1 aliphatic carbocycles. The van der Waals surface area contributed by atoms with Crippen molar-refractivity contribution in [3.05, 3.63) is 29.1 Å². The van der Waals surface area contributed by atoms with Crippen LogP contribution in [0.25, 0.3) is 0 Å². The van der Waals surface area contributed by atoms with Crippen LogP contribution in [-0.4, -0.2) is 31.9 Å². The molecule has 0 bridgehead atoms. The lowest BCUT2D eigenvalue weighted by Crippen LogP contribution is -2.39. The molecule has 5 nitrogen and oxygen atoms in total. The fourth-order valence-corrected chi connectivity index (χ4v) is 2.75. The maximum absolute atomic E-state index is 13.7. The second-order valence-corrected chi connectivity index (χ2v) is 6.14. The minimum absolute atomic E-state index is 0.221. The quantitative estimate of drug-likeness (QED) is 0.645. The van der Waals surface area contributed by atoms with Crippen molar-refractivity contribution in [1.82, 2.24) is 10.6 Å². The molecule has 1 aliphatic heterocycles. The van der Waals surface area contributed by atoms with E-state index in [2.05, 4.69) is 22.5 Å². The van der Waals surface area contributed by atoms with Crippen LogP contribution < -0.4 is 15.4 Å². The van der Waals surface area contributed by atoms with Gasteiger partial charge < -0.3 is 20.1 Å². The molecule has 0 spiro atoms. The second kappa shape index (κ2) is 7.17. The third kappa shape index (κ3) is 4.13. The first-order valence-corrected chi connectivity index (χ1v) is 8.24. The third-order valence-corrected chi connectivity index (χ3v) is 4.18. The molecule has 2 N–H and O–H groups in total. The van der Waals surface area contributed by atoms with Gasteiger partial charge >= 0.3 is 0 Å². The first-order valence-electron chi connectivity index (χ1n) is 8.24. The van der Waals surface area contributed by atoms with Crippen molar-refractivity contribution in [3.8, 4) is 5.75 Å². The summed E-state index contributed by atoms with van der Waals surface area (Å²) in [6, 6.07) is 3.53. The van der Waals surface area contributed by atoms with E-state index >= 15 is 0 Å². The molecule has 0 radical (unpaired) electrons. The SMILES string of the molecule is CCNC(=NCCc1cc(F)cc2c1OCOC2)NC1CC1C. The summed E-state index contributed by atoms with van der Waals surface area (Å²) < 4.78 is 24.5. The van der Waals surface area contributed by atoms with Gasteiger partial charge in [-0.1, -0.05) is 6.92 Å². The van der Waals surface area contributed by atoms with E-state index in [0.717, 1.165) is 29.4 Å². The van der Waals surface area contributed by atoms with Gasteiger partial charge in [-0.2, -0.15) is 0 Å². The van der Waals surface area contributed by atoms with Crippen LogP contribution in [0.4, 0.5) is 4.39 Å². The second-order valence-electron chi connectivity index (χ2n) is 6.14. The largest absolute Gasteiger partial charge is 0.467 e. The molecule has 6 heteroatoms. The zero-order chi connectivity index (χ0) is 16.2. The first kappa shape index (κ1) is 16.1. The predicted octanol–water partition coefficient (Wildman–Crippen LogP) is 2.20. The summed E-state index contributed by atoms with van der Waals surface area (Å²) in [5.74, 6) is 2.04. The van der Waals surface area contributed by atoms with E-state index < -0.39 is 0 Å². The molecule has 1 fully saturated rings. The Morgan fingerprint density at radius 3 is 3.00 bits per heavy atom. The van der Waals surface area contributed by atoms with E-state index in [1.807, 2.05) is 6.92 Å². The molecule has 0 saturated heterocycles. The number of hydrogen-bond acceptors (Lipinski definition) is 3. The number of fused-ring (bicyclic) bond motifs is 1. The van der Waals surface area contributed by atoms with Crippen molar-refractivity contribution in [2.24, 2.45) is 10.9 Å². The minimum Gasteiger partial charge on any atom is -0.467 e. The van der Waals surface area contributed by atoms with Gasteiger partial charge in [-0.3, -0.25) is 4.99 Å². The number of ether oxygens (including phenoxy) is 2. The predicted molar refractivity (Wildman–Crippen MR) is 87.1 cm³/mol. The van der Waals surface area contributed by atoms with E-state index in [0.29, 0.717) is 31.5 Å². The van der Waals surface area contributed by atoms with Crippen LogP contribution in [-0.2, 0) is 17.8 Å². The molecule has 0 amide bonds. The van der Waals surface area contributed by atoms with Gasteiger partial charge in [0.05, 0.1) is 6.61 Å². The Bertz CT molecular complexity index is 591. The van der Waals surface area contributed by atoms with E-state index in [-0.39, 0.29) is 12.6 Å². The summed E-state index contributed by atoms with van der Waals surface area (Å²) in [5, 5.41) is 6.66. The molecule has 126 valence electrons. The molecule has 0 aromatic heterocycles. The number of halogens is 1. The first-order chi connectivity index (χ1) is 11.2. The number of aliphatic imine (C=N–C) groups is 1. The van der Waals surface area contributed by atoms with Gasteiger partial charge in [0.2, 0.25) is 0 Å². The number of benzene rings is 1. The van der Waals surface area contributed by atoms with Gasteiger partial charge in [0, 0.05) is 24.7 Å². The highest BCUT2D eigenvalue weighted by Gasteiger charge is 2.33. The van der Waals surface area contributed by atoms with Gasteiger partial charge in [0.25, 0.3) is 0 Å². The van der Waals surface area contributed by atoms with Crippen molar-refractivity contribution < 1.29 is 13.9 Å². The Balaban J connectivity index is 1.64. The highest BCUT2D eigenvalue weighted by atomic mass is 19.1. The third-order valence-electron chi connectivity index (χ3n) is 4.18. The number of nitrogens with zero attached hydrogens (tertiary/aromatic N) is 1. The zero-order valence-corrected chi connectivity index (χ0v) is 13.7. The summed E-state index contributed by atoms with van der Waals surface area (Å²) in [5.41, 5.74) is 1.62. The number of nitrogens with one attached hydrogen (secondary N) is 2. The number of hydrogen-bond donors (Lipinski definition) is 2. The Morgan fingerprint density at radius 2 is 2.26 bits per heavy atom. The van der Waals surface area contributed by atoms with Crippen molar-refractivity contribution in [2.75, 3.05) is 19.9 Å². The summed E-state index contributed by atoms with van der Waals surface area (Å²) in [6.07, 6.45) is 1.83. The molecule has 1 heterocycles. The summed E-state index contributed by atoms with van der Waals surface area (Å²) in [6.45, 7) is 6.29. The van der Waals surface area contributed by atoms with E-state index in [9.17, 15) is 4.39 Å². The highest BCUT2D eigenvalue weighted by molar-refractivity contribution is 5.80. The van der Waals surface area contributed by atoms with Gasteiger partial charge in [-0.05, 0) is 43.4 Å². The van der Waals surface area contributed by atoms with Crippen LogP contribution in [0.1, 0.15) is 31.4 Å². The van der Waals surface area contributed by atoms with Crippen LogP contribution >= 0.6 is 0 Å². The maximum atomic E-state index is 13.7. The molecule has 1 aromatic rings. The standard InChI is InChI=1S/C17H24FN3O2/c1-3-19-17(21-15-6-11(15)2)20-5-4-12-7-14(18)8-13-9-22-10-23-16(12)13/h7-8,11,15H,3-6,9-10H2,1-2H3,(H2,19,20,21). The Morgan fingerprint density at radius 1 is 1.43 bits per heavy atom. The monoisotopic (exact) mass is 321 g/mol. The van der Waals surface area contributed by atoms with Crippen molar-refractivity contribution in [2.45, 2.75) is 39.3 Å². The summed E-state index contributed by atoms with van der Waals surface area (Å²) >= 11 is 0. The fourth-order valence-electron chi connectivity index (χ4n) is 2.75. The zero-order valence-electron chi connectivity index (χ0n) is 13.7. The fraction of sp³-hybridized carbons (Fsp3) is 0.588. The van der Waals surface area contributed by atoms with Crippen LogP contribution in [0, 0.1) is 11.7 Å². The van der Waals surface area contributed by atoms with E-state index in [1.165, 1.54) is 18.6 Å². The smallest absolute Gasteiger partial charge is 0.191 e. The average Bonchev–Trinajstić information content (AvgIpc) is 3.22. The van der Waals surface area contributed by atoms with Gasteiger partial charge in [0.15, 0.2) is 12.8 Å². The lowest BCUT2D eigenvalue weighted by molar-refractivity contribution is -0.0172. The van der Waals surface area contributed by atoms with Crippen molar-refractivity contribution >= 4 is 5.96 Å². The molecule has 1 saturated carbocycles.